The Bertz CT molecular complexity index is 940. The first-order valence-corrected chi connectivity index (χ1v) is 9.75. The normalized spacial score (nSPS) is 19.4. The van der Waals surface area contributed by atoms with E-state index in [0.717, 1.165) is 37.6 Å². The van der Waals surface area contributed by atoms with Crippen molar-refractivity contribution in [2.75, 3.05) is 6.54 Å². The first kappa shape index (κ1) is 18.3. The van der Waals surface area contributed by atoms with Gasteiger partial charge in [0.1, 0.15) is 0 Å². The molecule has 0 unspecified atom stereocenters. The minimum absolute atomic E-state index is 0.0152. The van der Waals surface area contributed by atoms with E-state index in [1.165, 1.54) is 17.1 Å². The standard InChI is InChI=1S/C21H24N4O3/c26-20(22-11-9-15-13-23-18-4-2-1-3-17(15)18)14-5-7-16(8-6-14)25-21(27)19-10-12-24-28-19/h1-4,10,12-14,16,23H,5-9,11H2,(H,22,26)(H,25,27). The summed E-state index contributed by atoms with van der Waals surface area (Å²) in [5, 5.41) is 10.8. The molecule has 0 radical (unpaired) electrons. The van der Waals surface area contributed by atoms with Gasteiger partial charge >= 0.3 is 0 Å². The maximum absolute atomic E-state index is 12.5. The van der Waals surface area contributed by atoms with Crippen LogP contribution < -0.4 is 10.6 Å². The van der Waals surface area contributed by atoms with Gasteiger partial charge in [0.2, 0.25) is 11.7 Å². The molecule has 28 heavy (non-hydrogen) atoms. The molecule has 1 fully saturated rings. The van der Waals surface area contributed by atoms with Crippen molar-refractivity contribution in [3.8, 4) is 0 Å². The van der Waals surface area contributed by atoms with E-state index in [2.05, 4.69) is 32.9 Å². The highest BCUT2D eigenvalue weighted by Crippen LogP contribution is 2.25. The number of fused-ring (bicyclic) bond motifs is 1. The summed E-state index contributed by atoms with van der Waals surface area (Å²) in [5.41, 5.74) is 2.34. The van der Waals surface area contributed by atoms with E-state index in [1.807, 2.05) is 18.3 Å². The molecule has 7 nitrogen and oxygen atoms in total. The summed E-state index contributed by atoms with van der Waals surface area (Å²) in [7, 11) is 0. The molecular weight excluding hydrogens is 356 g/mol. The summed E-state index contributed by atoms with van der Waals surface area (Å²) in [6, 6.07) is 9.80. The third-order valence-corrected chi connectivity index (χ3v) is 5.46. The van der Waals surface area contributed by atoms with Gasteiger partial charge in [0.05, 0.1) is 6.20 Å². The summed E-state index contributed by atoms with van der Waals surface area (Å²) < 4.78 is 4.87. The topological polar surface area (TPSA) is 100 Å². The molecule has 2 aromatic heterocycles. The molecule has 146 valence electrons. The zero-order chi connectivity index (χ0) is 19.3. The van der Waals surface area contributed by atoms with Crippen molar-refractivity contribution in [2.45, 2.75) is 38.1 Å². The van der Waals surface area contributed by atoms with Gasteiger partial charge in [-0.2, -0.15) is 0 Å². The molecule has 0 bridgehead atoms. The third-order valence-electron chi connectivity index (χ3n) is 5.46. The Balaban J connectivity index is 1.20. The monoisotopic (exact) mass is 380 g/mol. The second kappa shape index (κ2) is 8.29. The maximum Gasteiger partial charge on any atom is 0.290 e. The second-order valence-electron chi connectivity index (χ2n) is 7.30. The number of benzene rings is 1. The van der Waals surface area contributed by atoms with Crippen LogP contribution in [0.4, 0.5) is 0 Å². The zero-order valence-corrected chi connectivity index (χ0v) is 15.6. The SMILES string of the molecule is O=C(NC1CCC(C(=O)NCCc2c[nH]c3ccccc23)CC1)c1ccno1. The lowest BCUT2D eigenvalue weighted by Crippen LogP contribution is -2.41. The van der Waals surface area contributed by atoms with Crippen molar-refractivity contribution in [2.24, 2.45) is 5.92 Å². The number of amides is 2. The molecule has 0 aliphatic heterocycles. The Morgan fingerprint density at radius 3 is 2.75 bits per heavy atom. The third kappa shape index (κ3) is 4.08. The molecule has 0 saturated heterocycles. The van der Waals surface area contributed by atoms with E-state index in [-0.39, 0.29) is 29.5 Å². The summed E-state index contributed by atoms with van der Waals surface area (Å²) in [6.45, 7) is 0.628. The van der Waals surface area contributed by atoms with Crippen molar-refractivity contribution in [1.29, 1.82) is 0 Å². The molecular formula is C21H24N4O3. The minimum Gasteiger partial charge on any atom is -0.361 e. The van der Waals surface area contributed by atoms with Crippen LogP contribution in [0.5, 0.6) is 0 Å². The van der Waals surface area contributed by atoms with E-state index in [9.17, 15) is 9.59 Å². The van der Waals surface area contributed by atoms with Gasteiger partial charge in [-0.1, -0.05) is 23.4 Å². The lowest BCUT2D eigenvalue weighted by molar-refractivity contribution is -0.126. The van der Waals surface area contributed by atoms with Gasteiger partial charge in [-0.3, -0.25) is 9.59 Å². The summed E-state index contributed by atoms with van der Waals surface area (Å²) in [6.07, 6.45) is 7.41. The summed E-state index contributed by atoms with van der Waals surface area (Å²) >= 11 is 0. The molecule has 0 spiro atoms. The number of carbonyl (C=O) groups is 2. The molecule has 1 aliphatic carbocycles. The number of hydrogen-bond acceptors (Lipinski definition) is 4. The second-order valence-corrected chi connectivity index (χ2v) is 7.30. The molecule has 1 saturated carbocycles. The molecule has 3 aromatic rings. The van der Waals surface area contributed by atoms with Crippen LogP contribution in [0, 0.1) is 5.92 Å². The molecule has 4 rings (SSSR count). The Morgan fingerprint density at radius 1 is 1.14 bits per heavy atom. The van der Waals surface area contributed by atoms with E-state index in [0.29, 0.717) is 6.54 Å². The molecule has 2 heterocycles. The number of aromatic nitrogens is 2. The van der Waals surface area contributed by atoms with E-state index < -0.39 is 0 Å². The van der Waals surface area contributed by atoms with Crippen molar-refractivity contribution < 1.29 is 14.1 Å². The smallest absolute Gasteiger partial charge is 0.290 e. The van der Waals surface area contributed by atoms with Crippen LogP contribution in [0.2, 0.25) is 0 Å². The fourth-order valence-electron chi connectivity index (χ4n) is 3.89. The highest BCUT2D eigenvalue weighted by Gasteiger charge is 2.27. The quantitative estimate of drug-likeness (QED) is 0.612. The summed E-state index contributed by atoms with van der Waals surface area (Å²) in [5.74, 6) is 0.0996. The number of aromatic amines is 1. The number of nitrogens with one attached hydrogen (secondary N) is 3. The first-order valence-electron chi connectivity index (χ1n) is 9.75. The van der Waals surface area contributed by atoms with Crippen molar-refractivity contribution in [1.82, 2.24) is 20.8 Å². The molecule has 1 aliphatic rings. The van der Waals surface area contributed by atoms with Crippen LogP contribution in [-0.2, 0) is 11.2 Å². The van der Waals surface area contributed by atoms with Crippen LogP contribution in [0.1, 0.15) is 41.8 Å². The Hall–Kier alpha value is -3.09. The van der Waals surface area contributed by atoms with Crippen LogP contribution in [0.25, 0.3) is 10.9 Å². The number of hydrogen-bond donors (Lipinski definition) is 3. The minimum atomic E-state index is -0.246. The van der Waals surface area contributed by atoms with Crippen molar-refractivity contribution in [3.05, 3.63) is 54.0 Å². The number of H-pyrrole nitrogens is 1. The van der Waals surface area contributed by atoms with Gasteiger partial charge in [-0.15, -0.1) is 0 Å². The van der Waals surface area contributed by atoms with Gasteiger partial charge in [0.25, 0.3) is 5.91 Å². The zero-order valence-electron chi connectivity index (χ0n) is 15.6. The van der Waals surface area contributed by atoms with Gasteiger partial charge in [-0.05, 0) is 43.7 Å². The van der Waals surface area contributed by atoms with Crippen LogP contribution in [-0.4, -0.2) is 34.5 Å². The first-order chi connectivity index (χ1) is 13.7. The van der Waals surface area contributed by atoms with Crippen molar-refractivity contribution >= 4 is 22.7 Å². The lowest BCUT2D eigenvalue weighted by Gasteiger charge is -2.28. The maximum atomic E-state index is 12.5. The van der Waals surface area contributed by atoms with Gasteiger partial charge in [0, 0.05) is 41.7 Å². The summed E-state index contributed by atoms with van der Waals surface area (Å²) in [4.78, 5) is 27.7. The average molecular weight is 380 g/mol. The highest BCUT2D eigenvalue weighted by molar-refractivity contribution is 5.91. The number of carbonyl (C=O) groups excluding carboxylic acids is 2. The van der Waals surface area contributed by atoms with E-state index >= 15 is 0 Å². The molecule has 1 aromatic carbocycles. The van der Waals surface area contributed by atoms with E-state index in [1.54, 1.807) is 6.07 Å². The average Bonchev–Trinajstić information content (AvgIpc) is 3.39. The number of para-hydroxylation sites is 1. The fraction of sp³-hybridized carbons (Fsp3) is 0.381. The predicted octanol–water partition coefficient (Wildman–Crippen LogP) is 2.80. The van der Waals surface area contributed by atoms with E-state index in [4.69, 9.17) is 4.52 Å². The largest absolute Gasteiger partial charge is 0.361 e. The number of rotatable bonds is 6. The van der Waals surface area contributed by atoms with Gasteiger partial charge < -0.3 is 20.1 Å². The van der Waals surface area contributed by atoms with Crippen LogP contribution in [0.3, 0.4) is 0 Å². The van der Waals surface area contributed by atoms with Gasteiger partial charge in [-0.25, -0.2) is 0 Å². The Morgan fingerprint density at radius 2 is 1.96 bits per heavy atom. The molecule has 2 amide bonds. The number of nitrogens with zero attached hydrogens (tertiary/aromatic N) is 1. The van der Waals surface area contributed by atoms with Gasteiger partial charge in [0.15, 0.2) is 0 Å². The van der Waals surface area contributed by atoms with Crippen LogP contribution in [0.15, 0.2) is 47.2 Å². The predicted molar refractivity (Wildman–Crippen MR) is 105 cm³/mol. The lowest BCUT2D eigenvalue weighted by atomic mass is 9.85. The van der Waals surface area contributed by atoms with Crippen molar-refractivity contribution in [3.63, 3.8) is 0 Å². The molecule has 7 heteroatoms. The Kier molecular flexibility index (Phi) is 5.41. The highest BCUT2D eigenvalue weighted by atomic mass is 16.5. The molecule has 0 atom stereocenters. The van der Waals surface area contributed by atoms with Crippen LogP contribution >= 0.6 is 0 Å². The Labute approximate surface area is 162 Å². The molecule has 3 N–H and O–H groups in total. The fourth-order valence-corrected chi connectivity index (χ4v) is 3.89.